The standard InChI is InChI=1S/C42H51N7O13/c1-23(45-41(56)24(2)61-38-36(46-25(3)51)42(62-32(21-50)37(38)53)60-22-26-11-5-4-6-12-26)40(55)48-30(39(43)54)17-18-33(52)59-20-10-19-44-35-27-13-7-8-14-28(27)47-29-15-9-16-31(34(29)35)49(57)58/h4-9,11-16,23-24,30,32,36-38,42,50,53H,10,17-22H2,1-3H3,(H2,43,54)(H,44,47)(H,45,56)(H,46,51)(H,48,55)/t23-,24?,30+,32+,36+,37+,38+,42-/m0/s1. The number of rotatable bonds is 21. The lowest BCUT2D eigenvalue weighted by atomic mass is 9.96. The Hall–Kier alpha value is -6.32. The number of nitro groups is 1. The van der Waals surface area contributed by atoms with Crippen molar-refractivity contribution in [3.05, 3.63) is 88.5 Å². The van der Waals surface area contributed by atoms with Gasteiger partial charge >= 0.3 is 5.97 Å². The molecule has 1 aliphatic heterocycles. The topological polar surface area (TPSA) is 293 Å². The summed E-state index contributed by atoms with van der Waals surface area (Å²) in [6, 6.07) is 17.3. The summed E-state index contributed by atoms with van der Waals surface area (Å²) in [7, 11) is 0. The average molecular weight is 862 g/mol. The number of amides is 4. The Bertz CT molecular complexity index is 2230. The van der Waals surface area contributed by atoms with E-state index in [1.165, 1.54) is 26.8 Å². The van der Waals surface area contributed by atoms with Gasteiger partial charge in [0.1, 0.15) is 47.9 Å². The van der Waals surface area contributed by atoms with Gasteiger partial charge in [0.25, 0.3) is 5.69 Å². The number of non-ortho nitro benzene ring substituents is 1. The van der Waals surface area contributed by atoms with Crippen LogP contribution in [0.4, 0.5) is 11.4 Å². The number of nitro benzene ring substituents is 1. The highest BCUT2D eigenvalue weighted by Gasteiger charge is 2.48. The van der Waals surface area contributed by atoms with Crippen molar-refractivity contribution in [3.8, 4) is 0 Å². The van der Waals surface area contributed by atoms with E-state index in [1.807, 2.05) is 36.4 Å². The van der Waals surface area contributed by atoms with Gasteiger partial charge in [-0.25, -0.2) is 4.98 Å². The minimum atomic E-state index is -1.51. The second kappa shape index (κ2) is 22.0. The molecule has 2 heterocycles. The van der Waals surface area contributed by atoms with Crippen molar-refractivity contribution in [2.75, 3.05) is 25.1 Å². The molecule has 0 radical (unpaired) electrons. The van der Waals surface area contributed by atoms with Crippen LogP contribution < -0.4 is 27.0 Å². The van der Waals surface area contributed by atoms with Gasteiger partial charge in [0.05, 0.1) is 41.5 Å². The van der Waals surface area contributed by atoms with Crippen LogP contribution in [0.2, 0.25) is 0 Å². The molecule has 0 spiro atoms. The van der Waals surface area contributed by atoms with Crippen molar-refractivity contribution in [1.29, 1.82) is 0 Å². The molecular formula is C42H51N7O13. The van der Waals surface area contributed by atoms with Crippen LogP contribution in [0.25, 0.3) is 21.8 Å². The van der Waals surface area contributed by atoms with E-state index < -0.39 is 90.0 Å². The quantitative estimate of drug-likeness (QED) is 0.0205. The number of ether oxygens (including phenoxy) is 4. The van der Waals surface area contributed by atoms with Crippen molar-refractivity contribution in [1.82, 2.24) is 20.9 Å². The fraction of sp³-hybridized carbons (Fsp3) is 0.429. The van der Waals surface area contributed by atoms with Crippen molar-refractivity contribution < 1.29 is 58.1 Å². The number of hydrogen-bond donors (Lipinski definition) is 7. The zero-order valence-electron chi connectivity index (χ0n) is 34.4. The van der Waals surface area contributed by atoms with Crippen LogP contribution in [0.1, 0.15) is 45.6 Å². The lowest BCUT2D eigenvalue weighted by molar-refractivity contribution is -0.383. The number of hydrogen-bond acceptors (Lipinski definition) is 15. The Morgan fingerprint density at radius 2 is 1.68 bits per heavy atom. The molecule has 1 saturated heterocycles. The molecule has 4 aromatic rings. The minimum absolute atomic E-state index is 0.0235. The number of aliphatic hydroxyl groups is 2. The first-order valence-corrected chi connectivity index (χ1v) is 20.0. The summed E-state index contributed by atoms with van der Waals surface area (Å²) in [5.74, 6) is -3.72. The van der Waals surface area contributed by atoms with Crippen LogP contribution >= 0.6 is 0 Å². The first-order chi connectivity index (χ1) is 29.7. The third-order valence-corrected chi connectivity index (χ3v) is 10.0. The molecule has 20 heteroatoms. The number of para-hydroxylation sites is 1. The molecule has 62 heavy (non-hydrogen) atoms. The van der Waals surface area contributed by atoms with Gasteiger partial charge in [-0.1, -0.05) is 54.6 Å². The van der Waals surface area contributed by atoms with Gasteiger partial charge in [-0.15, -0.1) is 0 Å². The van der Waals surface area contributed by atoms with Crippen molar-refractivity contribution in [3.63, 3.8) is 0 Å². The van der Waals surface area contributed by atoms with E-state index in [0.29, 0.717) is 33.9 Å². The Kier molecular flexibility index (Phi) is 16.6. The Labute approximate surface area is 356 Å². The van der Waals surface area contributed by atoms with Crippen LogP contribution in [0.15, 0.2) is 72.8 Å². The molecule has 1 aromatic heterocycles. The Morgan fingerprint density at radius 1 is 0.968 bits per heavy atom. The van der Waals surface area contributed by atoms with Gasteiger partial charge < -0.3 is 56.2 Å². The first kappa shape index (κ1) is 46.7. The lowest BCUT2D eigenvalue weighted by Gasteiger charge is -2.44. The van der Waals surface area contributed by atoms with Crippen molar-refractivity contribution >= 4 is 62.8 Å². The van der Waals surface area contributed by atoms with Gasteiger partial charge in [0.15, 0.2) is 6.29 Å². The average Bonchev–Trinajstić information content (AvgIpc) is 3.25. The fourth-order valence-electron chi connectivity index (χ4n) is 6.86. The Morgan fingerprint density at radius 3 is 2.37 bits per heavy atom. The summed E-state index contributed by atoms with van der Waals surface area (Å²) in [6.45, 7) is 3.61. The third kappa shape index (κ3) is 12.2. The highest BCUT2D eigenvalue weighted by atomic mass is 16.7. The minimum Gasteiger partial charge on any atom is -0.466 e. The monoisotopic (exact) mass is 861 g/mol. The maximum atomic E-state index is 13.2. The number of nitrogens with two attached hydrogens (primary N) is 1. The summed E-state index contributed by atoms with van der Waals surface area (Å²) >= 11 is 0. The summed E-state index contributed by atoms with van der Waals surface area (Å²) in [4.78, 5) is 79.3. The number of aromatic nitrogens is 1. The first-order valence-electron chi connectivity index (χ1n) is 20.0. The summed E-state index contributed by atoms with van der Waals surface area (Å²) in [5.41, 5.74) is 7.82. The van der Waals surface area contributed by atoms with Crippen LogP contribution in [-0.4, -0.2) is 118 Å². The molecule has 4 amide bonds. The molecular weight excluding hydrogens is 810 g/mol. The van der Waals surface area contributed by atoms with E-state index in [4.69, 9.17) is 24.7 Å². The molecule has 1 aliphatic rings. The molecule has 8 N–H and O–H groups in total. The third-order valence-electron chi connectivity index (χ3n) is 10.0. The van der Waals surface area contributed by atoms with Crippen molar-refractivity contribution in [2.45, 2.75) is 95.5 Å². The lowest BCUT2D eigenvalue weighted by Crippen LogP contribution is -2.66. The molecule has 20 nitrogen and oxygen atoms in total. The molecule has 1 unspecified atom stereocenters. The smallest absolute Gasteiger partial charge is 0.305 e. The molecule has 1 fully saturated rings. The SMILES string of the molecule is CC(=O)N[C@H]1[C@@H](OCc2ccccc2)O[C@H](CO)[C@@H](O)[C@@H]1OC(C)C(=O)N[C@@H](C)C(=O)N[C@H](CCC(=O)OCCCNc1c2ccccc2nc2cccc([N+](=O)[O-])c12)C(N)=O. The zero-order chi connectivity index (χ0) is 44.9. The maximum Gasteiger partial charge on any atom is 0.305 e. The molecule has 0 aliphatic carbocycles. The number of anilines is 1. The Balaban J connectivity index is 1.10. The van der Waals surface area contributed by atoms with E-state index in [2.05, 4.69) is 26.3 Å². The second-order valence-electron chi connectivity index (χ2n) is 14.6. The molecule has 5 rings (SSSR count). The molecule has 3 aromatic carbocycles. The van der Waals surface area contributed by atoms with Crippen LogP contribution in [0.5, 0.6) is 0 Å². The molecule has 332 valence electrons. The fourth-order valence-corrected chi connectivity index (χ4v) is 6.86. The number of primary amides is 1. The van der Waals surface area contributed by atoms with Crippen LogP contribution in [-0.2, 0) is 49.5 Å². The number of carbonyl (C=O) groups excluding carboxylic acids is 5. The normalized spacial score (nSPS) is 20.0. The largest absolute Gasteiger partial charge is 0.466 e. The van der Waals surface area contributed by atoms with Crippen LogP contribution in [0.3, 0.4) is 0 Å². The number of fused-ring (bicyclic) bond motifs is 2. The maximum absolute atomic E-state index is 13.2. The van der Waals surface area contributed by atoms with E-state index in [9.17, 15) is 44.3 Å². The van der Waals surface area contributed by atoms with E-state index in [-0.39, 0.29) is 38.3 Å². The van der Waals surface area contributed by atoms with Gasteiger partial charge in [0.2, 0.25) is 23.6 Å². The number of esters is 1. The summed E-state index contributed by atoms with van der Waals surface area (Å²) in [6.07, 6.45) is -6.70. The molecule has 8 atom stereocenters. The predicted molar refractivity (Wildman–Crippen MR) is 223 cm³/mol. The summed E-state index contributed by atoms with van der Waals surface area (Å²) < 4.78 is 22.9. The number of aliphatic hydroxyl groups excluding tert-OH is 2. The molecule has 0 bridgehead atoms. The number of carbonyl (C=O) groups is 5. The number of benzene rings is 3. The number of nitrogens with zero attached hydrogens (tertiary/aromatic N) is 2. The zero-order valence-corrected chi connectivity index (χ0v) is 34.4. The van der Waals surface area contributed by atoms with E-state index in [0.717, 1.165) is 5.56 Å². The molecule has 0 saturated carbocycles. The van der Waals surface area contributed by atoms with Gasteiger partial charge in [-0.05, 0) is 44.4 Å². The van der Waals surface area contributed by atoms with Gasteiger partial charge in [0, 0.05) is 31.3 Å². The van der Waals surface area contributed by atoms with Gasteiger partial charge in [-0.2, -0.15) is 0 Å². The second-order valence-corrected chi connectivity index (χ2v) is 14.6. The van der Waals surface area contributed by atoms with Gasteiger partial charge in [-0.3, -0.25) is 34.1 Å². The predicted octanol–water partition coefficient (Wildman–Crippen LogP) is 1.47. The van der Waals surface area contributed by atoms with Crippen molar-refractivity contribution in [2.24, 2.45) is 5.73 Å². The highest BCUT2D eigenvalue weighted by molar-refractivity contribution is 6.11. The number of pyridine rings is 1. The number of nitrogens with one attached hydrogen (secondary N) is 4. The van der Waals surface area contributed by atoms with E-state index in [1.54, 1.807) is 30.3 Å². The van der Waals surface area contributed by atoms with E-state index >= 15 is 0 Å². The van der Waals surface area contributed by atoms with Crippen LogP contribution in [0, 0.1) is 10.1 Å². The summed E-state index contributed by atoms with van der Waals surface area (Å²) in [5, 5.41) is 44.6. The highest BCUT2D eigenvalue weighted by Crippen LogP contribution is 2.36.